The molecule has 19 heavy (non-hydrogen) atoms. The van der Waals surface area contributed by atoms with Crippen molar-refractivity contribution < 1.29 is 4.57 Å². The van der Waals surface area contributed by atoms with Crippen LogP contribution in [0.15, 0.2) is 31.1 Å². The van der Waals surface area contributed by atoms with Crippen LogP contribution in [0.4, 0.5) is 0 Å². The average molecular weight is 277 g/mol. The molecule has 3 atom stereocenters. The van der Waals surface area contributed by atoms with Gasteiger partial charge >= 0.3 is 0 Å². The van der Waals surface area contributed by atoms with Gasteiger partial charge in [0.1, 0.15) is 0 Å². The maximum absolute atomic E-state index is 5.78. The Hall–Kier alpha value is -0.880. The maximum atomic E-state index is 5.78. The highest BCUT2D eigenvalue weighted by Crippen LogP contribution is 2.34. The van der Waals surface area contributed by atoms with Crippen LogP contribution in [0.2, 0.25) is 0 Å². The second-order valence-corrected chi connectivity index (χ2v) is 7.25. The van der Waals surface area contributed by atoms with Gasteiger partial charge in [0.15, 0.2) is 18.4 Å². The first-order valence-corrected chi connectivity index (χ1v) is 8.78. The Morgan fingerprint density at radius 1 is 1.53 bits per heavy atom. The van der Waals surface area contributed by atoms with E-state index in [4.69, 9.17) is 5.73 Å². The predicted octanol–water partition coefficient (Wildman–Crippen LogP) is 3.33. The minimum atomic E-state index is 0.660. The van der Waals surface area contributed by atoms with Crippen molar-refractivity contribution in [2.75, 3.05) is 12.3 Å². The number of hydrogen-bond acceptors (Lipinski definition) is 1. The minimum absolute atomic E-state index is 0.660. The molecule has 0 bridgehead atoms. The van der Waals surface area contributed by atoms with Gasteiger partial charge in [0, 0.05) is 24.6 Å². The van der Waals surface area contributed by atoms with Gasteiger partial charge in [0.2, 0.25) is 0 Å². The molecule has 0 radical (unpaired) electrons. The Labute approximate surface area is 118 Å². The third-order valence-electron chi connectivity index (χ3n) is 4.11. The van der Waals surface area contributed by atoms with Crippen molar-refractivity contribution in [3.8, 4) is 0 Å². The second-order valence-electron chi connectivity index (χ2n) is 5.54. The summed E-state index contributed by atoms with van der Waals surface area (Å²) in [6.07, 6.45) is 12.6. The number of hydrogen-bond donors (Lipinski definition) is 1. The molecule has 1 aliphatic carbocycles. The normalized spacial score (nSPS) is 23.2. The number of nitrogens with two attached hydrogens (primary N) is 1. The highest BCUT2D eigenvalue weighted by atomic mass is 31.1. The monoisotopic (exact) mass is 277 g/mol. The fraction of sp³-hybridized carbons (Fsp3) is 0.562. The SMILES string of the molecule is C=C(N)c1ccc[n+]([C@@H]2CCC(CCPCC)C2)c1. The van der Waals surface area contributed by atoms with Crippen LogP contribution < -0.4 is 10.3 Å². The van der Waals surface area contributed by atoms with E-state index in [-0.39, 0.29) is 0 Å². The molecular formula is C16H26N2P+. The Morgan fingerprint density at radius 3 is 3.11 bits per heavy atom. The van der Waals surface area contributed by atoms with Crippen molar-refractivity contribution >= 4 is 14.3 Å². The van der Waals surface area contributed by atoms with Gasteiger partial charge in [0.05, 0.1) is 5.56 Å². The molecule has 2 rings (SSSR count). The van der Waals surface area contributed by atoms with E-state index in [9.17, 15) is 0 Å². The quantitative estimate of drug-likeness (QED) is 0.482. The van der Waals surface area contributed by atoms with Crippen molar-refractivity contribution in [3.05, 3.63) is 36.7 Å². The topological polar surface area (TPSA) is 29.9 Å². The van der Waals surface area contributed by atoms with Crippen LogP contribution in [0.25, 0.3) is 5.70 Å². The molecule has 2 unspecified atom stereocenters. The molecule has 3 heteroatoms. The summed E-state index contributed by atoms with van der Waals surface area (Å²) in [6.45, 7) is 6.11. The van der Waals surface area contributed by atoms with E-state index in [2.05, 4.69) is 36.5 Å². The van der Waals surface area contributed by atoms with Crippen LogP contribution >= 0.6 is 8.58 Å². The van der Waals surface area contributed by atoms with E-state index >= 15 is 0 Å². The lowest BCUT2D eigenvalue weighted by Gasteiger charge is -2.09. The first kappa shape index (κ1) is 14.5. The first-order valence-electron chi connectivity index (χ1n) is 7.37. The zero-order chi connectivity index (χ0) is 13.7. The summed E-state index contributed by atoms with van der Waals surface area (Å²) >= 11 is 0. The van der Waals surface area contributed by atoms with Gasteiger partial charge in [-0.1, -0.05) is 13.5 Å². The molecule has 0 aromatic carbocycles. The molecule has 0 saturated heterocycles. The van der Waals surface area contributed by atoms with Crippen LogP contribution in [-0.2, 0) is 0 Å². The molecule has 1 aromatic heterocycles. The van der Waals surface area contributed by atoms with Gasteiger partial charge in [-0.3, -0.25) is 0 Å². The highest BCUT2D eigenvalue weighted by molar-refractivity contribution is 7.37. The number of pyridine rings is 1. The van der Waals surface area contributed by atoms with E-state index < -0.39 is 0 Å². The molecule has 0 aliphatic heterocycles. The van der Waals surface area contributed by atoms with E-state index in [0.29, 0.717) is 11.7 Å². The van der Waals surface area contributed by atoms with Crippen molar-refractivity contribution in [2.45, 2.75) is 38.6 Å². The highest BCUT2D eigenvalue weighted by Gasteiger charge is 2.30. The fourth-order valence-corrected chi connectivity index (χ4v) is 3.94. The van der Waals surface area contributed by atoms with Crippen molar-refractivity contribution in [1.82, 2.24) is 0 Å². The molecule has 104 valence electrons. The van der Waals surface area contributed by atoms with Crippen LogP contribution in [0.1, 0.15) is 44.2 Å². The molecule has 0 spiro atoms. The van der Waals surface area contributed by atoms with Gasteiger partial charge in [-0.05, 0) is 37.1 Å². The zero-order valence-electron chi connectivity index (χ0n) is 11.9. The van der Waals surface area contributed by atoms with E-state index in [1.165, 1.54) is 38.0 Å². The molecule has 2 N–H and O–H groups in total. The maximum Gasteiger partial charge on any atom is 0.178 e. The standard InChI is InChI=1S/C16H26N2P/c1-3-19-10-8-14-6-7-16(11-14)18-9-4-5-15(12-18)13(2)17/h4-5,9,12,14,16,19H,2-3,6-8,10-11,17H2,1H3/q+1/t14?,16-/m1/s1. The van der Waals surface area contributed by atoms with Gasteiger partial charge in [-0.15, -0.1) is 8.58 Å². The van der Waals surface area contributed by atoms with Crippen molar-refractivity contribution in [2.24, 2.45) is 11.7 Å². The molecule has 1 aliphatic rings. The fourth-order valence-electron chi connectivity index (χ4n) is 2.97. The largest absolute Gasteiger partial charge is 0.399 e. The lowest BCUT2D eigenvalue weighted by Crippen LogP contribution is -2.37. The molecule has 0 amide bonds. The number of rotatable bonds is 6. The minimum Gasteiger partial charge on any atom is -0.399 e. The average Bonchev–Trinajstić information content (AvgIpc) is 2.88. The summed E-state index contributed by atoms with van der Waals surface area (Å²) < 4.78 is 2.34. The summed E-state index contributed by atoms with van der Waals surface area (Å²) in [7, 11) is 1.16. The van der Waals surface area contributed by atoms with Gasteiger partial charge < -0.3 is 5.73 Å². The van der Waals surface area contributed by atoms with Crippen LogP contribution in [0.5, 0.6) is 0 Å². The molecule has 2 nitrogen and oxygen atoms in total. The van der Waals surface area contributed by atoms with Crippen LogP contribution in [0.3, 0.4) is 0 Å². The summed E-state index contributed by atoms with van der Waals surface area (Å²) in [5, 5.41) is 0. The van der Waals surface area contributed by atoms with Crippen molar-refractivity contribution in [1.29, 1.82) is 0 Å². The predicted molar refractivity (Wildman–Crippen MR) is 84.6 cm³/mol. The molecular weight excluding hydrogens is 251 g/mol. The number of nitrogens with zero attached hydrogens (tertiary/aromatic N) is 1. The lowest BCUT2D eigenvalue weighted by atomic mass is 10.1. The lowest BCUT2D eigenvalue weighted by molar-refractivity contribution is -0.722. The molecule has 1 saturated carbocycles. The summed E-state index contributed by atoms with van der Waals surface area (Å²) in [6, 6.07) is 4.78. The molecule has 1 fully saturated rings. The number of aromatic nitrogens is 1. The molecule has 1 heterocycles. The smallest absolute Gasteiger partial charge is 0.178 e. The van der Waals surface area contributed by atoms with E-state index in [0.717, 1.165) is 20.1 Å². The molecule has 1 aromatic rings. The Balaban J connectivity index is 1.93. The summed E-state index contributed by atoms with van der Waals surface area (Å²) in [4.78, 5) is 0. The summed E-state index contributed by atoms with van der Waals surface area (Å²) in [5.74, 6) is 0.932. The van der Waals surface area contributed by atoms with Crippen LogP contribution in [-0.4, -0.2) is 12.3 Å². The van der Waals surface area contributed by atoms with Crippen molar-refractivity contribution in [3.63, 3.8) is 0 Å². The third-order valence-corrected chi connectivity index (χ3v) is 5.25. The Bertz CT molecular complexity index is 431. The van der Waals surface area contributed by atoms with Gasteiger partial charge in [-0.2, -0.15) is 0 Å². The zero-order valence-corrected chi connectivity index (χ0v) is 12.9. The van der Waals surface area contributed by atoms with Gasteiger partial charge in [0.25, 0.3) is 0 Å². The summed E-state index contributed by atoms with van der Waals surface area (Å²) in [5.41, 5.74) is 7.50. The van der Waals surface area contributed by atoms with E-state index in [1.54, 1.807) is 0 Å². The first-order chi connectivity index (χ1) is 9.20. The van der Waals surface area contributed by atoms with E-state index in [1.807, 2.05) is 6.07 Å². The van der Waals surface area contributed by atoms with Crippen LogP contribution in [0, 0.1) is 5.92 Å². The Kier molecular flexibility index (Phi) is 5.39. The second kappa shape index (κ2) is 7.05. The van der Waals surface area contributed by atoms with Gasteiger partial charge in [-0.25, -0.2) is 4.57 Å². The third kappa shape index (κ3) is 4.04. The Morgan fingerprint density at radius 2 is 2.37 bits per heavy atom.